The van der Waals surface area contributed by atoms with E-state index in [2.05, 4.69) is 0 Å². The van der Waals surface area contributed by atoms with Gasteiger partial charge in [0.25, 0.3) is 0 Å². The second-order valence-corrected chi connectivity index (χ2v) is 8.99. The average molecular weight is 579 g/mol. The van der Waals surface area contributed by atoms with Crippen LogP contribution in [0.2, 0.25) is 0 Å². The van der Waals surface area contributed by atoms with Gasteiger partial charge in [0.15, 0.2) is 0 Å². The van der Waals surface area contributed by atoms with Crippen LogP contribution in [-0.4, -0.2) is 84.2 Å². The maximum atomic E-state index is 12.9. The van der Waals surface area contributed by atoms with Crippen LogP contribution in [0.1, 0.15) is 18.1 Å². The number of carboxylic acid groups (broad SMARTS) is 1. The van der Waals surface area contributed by atoms with Gasteiger partial charge in [-0.1, -0.05) is 24.3 Å². The Kier molecular flexibility index (Phi) is 9.56. The third-order valence-electron chi connectivity index (χ3n) is 6.35. The lowest BCUT2D eigenvalue weighted by Gasteiger charge is -2.07. The van der Waals surface area contributed by atoms with Gasteiger partial charge < -0.3 is 19.3 Å². The molecule has 2 fully saturated rings. The van der Waals surface area contributed by atoms with E-state index in [9.17, 15) is 35.9 Å². The maximum Gasteiger partial charge on any atom is 0.406 e. The van der Waals surface area contributed by atoms with Gasteiger partial charge in [-0.15, -0.1) is 0 Å². The molecule has 2 heterocycles. The number of nitrogens with zero attached hydrogens (tertiary/aromatic N) is 2. The van der Waals surface area contributed by atoms with E-state index < -0.39 is 48.5 Å². The Hall–Kier alpha value is -3.52. The molecule has 8 nitrogen and oxygen atoms in total. The number of carbonyl (C=O) groups excluding carboxylic acids is 1. The summed E-state index contributed by atoms with van der Waals surface area (Å²) < 4.78 is 91.1. The molecule has 0 saturated carbocycles. The molecule has 2 aromatic carbocycles. The number of alkyl halides is 6. The molecule has 0 amide bonds. The molecule has 6 atom stereocenters. The van der Waals surface area contributed by atoms with Gasteiger partial charge in [-0.05, 0) is 42.3 Å². The molecule has 2 aromatic rings. The smallest absolute Gasteiger partial charge is 0.406 e. The zero-order valence-corrected chi connectivity index (χ0v) is 21.7. The van der Waals surface area contributed by atoms with Crippen molar-refractivity contribution in [1.29, 1.82) is 0 Å². The first-order chi connectivity index (χ1) is 18.7. The zero-order valence-electron chi connectivity index (χ0n) is 21.7. The fourth-order valence-corrected chi connectivity index (χ4v) is 4.33. The van der Waals surface area contributed by atoms with Crippen LogP contribution >= 0.6 is 0 Å². The van der Waals surface area contributed by atoms with Crippen molar-refractivity contribution in [2.75, 3.05) is 20.8 Å². The summed E-state index contributed by atoms with van der Waals surface area (Å²) in [5, 5.41) is 8.76. The number of rotatable bonds is 9. The molecule has 2 aliphatic heterocycles. The third-order valence-corrected chi connectivity index (χ3v) is 6.35. The van der Waals surface area contributed by atoms with Crippen LogP contribution in [-0.2, 0) is 27.4 Å². The van der Waals surface area contributed by atoms with Gasteiger partial charge in [0, 0.05) is 13.1 Å². The molecule has 4 unspecified atom stereocenters. The van der Waals surface area contributed by atoms with Crippen LogP contribution < -0.4 is 9.47 Å². The number of carboxylic acids is 1. The topological polar surface area (TPSA) is 88.1 Å². The van der Waals surface area contributed by atoms with Crippen molar-refractivity contribution in [2.24, 2.45) is 0 Å². The number of aliphatic carboxylic acids is 1. The molecule has 0 bridgehead atoms. The van der Waals surface area contributed by atoms with Crippen molar-refractivity contribution < 1.29 is 55.2 Å². The van der Waals surface area contributed by atoms with Crippen LogP contribution in [0.5, 0.6) is 11.5 Å². The first-order valence-electron chi connectivity index (χ1n) is 12.0. The van der Waals surface area contributed by atoms with Gasteiger partial charge in [0.2, 0.25) is 0 Å². The first-order valence-corrected chi connectivity index (χ1v) is 12.0. The van der Waals surface area contributed by atoms with E-state index in [0.29, 0.717) is 22.6 Å². The van der Waals surface area contributed by atoms with Crippen molar-refractivity contribution >= 4 is 11.9 Å². The van der Waals surface area contributed by atoms with E-state index in [1.54, 1.807) is 55.5 Å². The number of carbonyl (C=O) groups is 2. The lowest BCUT2D eigenvalue weighted by Crippen LogP contribution is -2.24. The quantitative estimate of drug-likeness (QED) is 0.268. The molecule has 0 radical (unpaired) electrons. The van der Waals surface area contributed by atoms with Crippen LogP contribution in [0, 0.1) is 0 Å². The van der Waals surface area contributed by atoms with E-state index in [-0.39, 0.29) is 19.7 Å². The summed E-state index contributed by atoms with van der Waals surface area (Å²) >= 11 is 0. The number of benzene rings is 2. The maximum absolute atomic E-state index is 12.9. The van der Waals surface area contributed by atoms with Crippen molar-refractivity contribution in [3.8, 4) is 11.5 Å². The highest BCUT2D eigenvalue weighted by molar-refractivity contribution is 5.80. The second-order valence-electron chi connectivity index (χ2n) is 8.99. The fraction of sp³-hybridized carbons (Fsp3) is 0.462. The molecule has 2 saturated heterocycles. The number of esters is 1. The summed E-state index contributed by atoms with van der Waals surface area (Å²) in [4.78, 5) is 24.3. The molecule has 4 rings (SSSR count). The standard InChI is InChI=1S/C14H16F3NO3.C12H12F3NO3/c1-3-21-13(19)11-12(14(15,16)17)18(11)8-9-4-6-10(20-2)7-5-9;1-19-8-4-2-7(3-5-8)6-16-9(11(17)18)10(16)12(13,14)15/h4-7,11-12H,3,8H2,1-2H3;2-5,9-10H,6H2,1H3,(H,17,18)/t;9-,10+,16?/m.0/s1. The lowest BCUT2D eigenvalue weighted by atomic mass is 10.2. The highest BCUT2D eigenvalue weighted by Crippen LogP contribution is 2.44. The molecule has 220 valence electrons. The summed E-state index contributed by atoms with van der Waals surface area (Å²) in [6.45, 7) is 1.62. The lowest BCUT2D eigenvalue weighted by molar-refractivity contribution is -0.149. The largest absolute Gasteiger partial charge is 0.497 e. The molecule has 1 N–H and O–H groups in total. The van der Waals surface area contributed by atoms with Crippen LogP contribution in [0.25, 0.3) is 0 Å². The summed E-state index contributed by atoms with van der Waals surface area (Å²) in [5.41, 5.74) is 1.29. The molecular formula is C26H28F6N2O6. The number of hydrogen-bond acceptors (Lipinski definition) is 7. The SMILES string of the molecule is CCOC(=O)C1C(C(F)(F)F)N1Cc1ccc(OC)cc1.COc1ccc(CN2[C@H](C(=O)O)[C@@H]2C(F)(F)F)cc1. The Morgan fingerprint density at radius 3 is 1.43 bits per heavy atom. The average Bonchev–Trinajstić information content (AvgIpc) is 3.79. The van der Waals surface area contributed by atoms with Gasteiger partial charge in [0.05, 0.1) is 20.8 Å². The van der Waals surface area contributed by atoms with E-state index in [4.69, 9.17) is 19.3 Å². The van der Waals surface area contributed by atoms with Gasteiger partial charge in [0.1, 0.15) is 35.7 Å². The number of ether oxygens (including phenoxy) is 3. The fourth-order valence-electron chi connectivity index (χ4n) is 4.33. The highest BCUT2D eigenvalue weighted by atomic mass is 19.4. The van der Waals surface area contributed by atoms with Crippen molar-refractivity contribution in [1.82, 2.24) is 9.80 Å². The van der Waals surface area contributed by atoms with Gasteiger partial charge in [-0.3, -0.25) is 19.4 Å². The van der Waals surface area contributed by atoms with Gasteiger partial charge in [-0.2, -0.15) is 26.3 Å². The van der Waals surface area contributed by atoms with Crippen molar-refractivity contribution in [3.63, 3.8) is 0 Å². The Labute approximate surface area is 226 Å². The normalized spacial score (nSPS) is 25.2. The summed E-state index contributed by atoms with van der Waals surface area (Å²) in [6.07, 6.45) is -8.96. The van der Waals surface area contributed by atoms with Crippen molar-refractivity contribution in [2.45, 2.75) is 56.5 Å². The molecule has 0 aromatic heterocycles. The van der Waals surface area contributed by atoms with E-state index in [0.717, 1.165) is 9.80 Å². The summed E-state index contributed by atoms with van der Waals surface area (Å²) in [7, 11) is 3.00. The number of hydrogen-bond donors (Lipinski definition) is 1. The summed E-state index contributed by atoms with van der Waals surface area (Å²) in [5.74, 6) is -1.06. The molecule has 14 heteroatoms. The number of methoxy groups -OCH3 is 2. The first kappa shape index (κ1) is 31.0. The van der Waals surface area contributed by atoms with Crippen LogP contribution in [0.3, 0.4) is 0 Å². The van der Waals surface area contributed by atoms with E-state index in [1.165, 1.54) is 14.2 Å². The van der Waals surface area contributed by atoms with Crippen LogP contribution in [0.4, 0.5) is 26.3 Å². The molecule has 0 aliphatic carbocycles. The van der Waals surface area contributed by atoms with E-state index in [1.807, 2.05) is 0 Å². The second kappa shape index (κ2) is 12.3. The predicted octanol–water partition coefficient (Wildman–Crippen LogP) is 4.27. The Morgan fingerprint density at radius 1 is 0.750 bits per heavy atom. The van der Waals surface area contributed by atoms with Gasteiger partial charge >= 0.3 is 24.3 Å². The molecule has 40 heavy (non-hydrogen) atoms. The Morgan fingerprint density at radius 2 is 1.12 bits per heavy atom. The molecule has 2 aliphatic rings. The minimum Gasteiger partial charge on any atom is -0.497 e. The Balaban J connectivity index is 0.000000222. The van der Waals surface area contributed by atoms with Gasteiger partial charge in [-0.25, -0.2) is 0 Å². The van der Waals surface area contributed by atoms with Crippen molar-refractivity contribution in [3.05, 3.63) is 59.7 Å². The predicted molar refractivity (Wildman–Crippen MR) is 129 cm³/mol. The minimum atomic E-state index is -4.52. The Bertz CT molecular complexity index is 1160. The zero-order chi connectivity index (χ0) is 29.8. The molecule has 0 spiro atoms. The molecular weight excluding hydrogens is 550 g/mol. The van der Waals surface area contributed by atoms with Crippen LogP contribution in [0.15, 0.2) is 48.5 Å². The van der Waals surface area contributed by atoms with E-state index >= 15 is 0 Å². The monoisotopic (exact) mass is 578 g/mol. The minimum absolute atomic E-state index is 0.0393. The highest BCUT2D eigenvalue weighted by Gasteiger charge is 2.67. The third kappa shape index (κ3) is 7.56. The summed E-state index contributed by atoms with van der Waals surface area (Å²) in [6, 6.07) is 6.77. The number of halogens is 6.